The standard InChI is InChI=1S/C23H24N2O2S/c1-28-22-24-20-18-10-4-3-8-16(18)14-23(11-5-2-6-12-23)19(20)21(26)25(22)15-17-9-7-13-27-17/h3-4,7-10,13H,2,5-6,11-12,14-15H2,1H3. The molecule has 2 aliphatic carbocycles. The first kappa shape index (κ1) is 17.8. The number of rotatable bonds is 3. The summed E-state index contributed by atoms with van der Waals surface area (Å²) in [5.41, 5.74) is 4.35. The maximum Gasteiger partial charge on any atom is 0.258 e. The summed E-state index contributed by atoms with van der Waals surface area (Å²) >= 11 is 1.52. The monoisotopic (exact) mass is 392 g/mol. The zero-order valence-corrected chi connectivity index (χ0v) is 16.9. The molecule has 144 valence electrons. The van der Waals surface area contributed by atoms with Crippen molar-refractivity contribution >= 4 is 11.8 Å². The Morgan fingerprint density at radius 2 is 1.96 bits per heavy atom. The van der Waals surface area contributed by atoms with E-state index in [2.05, 4.69) is 24.3 Å². The second-order valence-corrected chi connectivity index (χ2v) is 8.74. The molecule has 28 heavy (non-hydrogen) atoms. The maximum absolute atomic E-state index is 13.9. The molecule has 3 aromatic rings. The van der Waals surface area contributed by atoms with Gasteiger partial charge in [0.2, 0.25) is 0 Å². The lowest BCUT2D eigenvalue weighted by Gasteiger charge is -2.42. The summed E-state index contributed by atoms with van der Waals surface area (Å²) in [7, 11) is 0. The lowest BCUT2D eigenvalue weighted by molar-refractivity contribution is 0.282. The van der Waals surface area contributed by atoms with Crippen molar-refractivity contribution < 1.29 is 4.42 Å². The number of hydrogen-bond acceptors (Lipinski definition) is 4. The molecule has 2 aromatic heterocycles. The molecule has 5 rings (SSSR count). The van der Waals surface area contributed by atoms with Gasteiger partial charge in [-0.3, -0.25) is 9.36 Å². The molecule has 0 unspecified atom stereocenters. The summed E-state index contributed by atoms with van der Waals surface area (Å²) in [5, 5.41) is 0.753. The van der Waals surface area contributed by atoms with Crippen LogP contribution in [0.4, 0.5) is 0 Å². The largest absolute Gasteiger partial charge is 0.467 e. The van der Waals surface area contributed by atoms with Gasteiger partial charge in [0.05, 0.1) is 24.1 Å². The van der Waals surface area contributed by atoms with Gasteiger partial charge >= 0.3 is 0 Å². The Balaban J connectivity index is 1.77. The van der Waals surface area contributed by atoms with Crippen molar-refractivity contribution in [2.24, 2.45) is 0 Å². The Morgan fingerprint density at radius 3 is 2.71 bits per heavy atom. The third kappa shape index (κ3) is 2.75. The molecular formula is C23H24N2O2S. The number of fused-ring (bicyclic) bond motifs is 4. The zero-order chi connectivity index (χ0) is 19.1. The van der Waals surface area contributed by atoms with Crippen molar-refractivity contribution in [2.45, 2.75) is 55.6 Å². The summed E-state index contributed by atoms with van der Waals surface area (Å²) in [4.78, 5) is 18.9. The van der Waals surface area contributed by atoms with Crippen molar-refractivity contribution in [3.63, 3.8) is 0 Å². The summed E-state index contributed by atoms with van der Waals surface area (Å²) in [6.07, 6.45) is 10.4. The normalized spacial score (nSPS) is 17.3. The Hall–Kier alpha value is -2.27. The third-order valence-corrected chi connectivity index (χ3v) is 7.03. The molecule has 2 heterocycles. The third-order valence-electron chi connectivity index (χ3n) is 6.35. The van der Waals surface area contributed by atoms with Crippen LogP contribution in [0.15, 0.2) is 57.0 Å². The maximum atomic E-state index is 13.9. The van der Waals surface area contributed by atoms with E-state index in [4.69, 9.17) is 9.40 Å². The highest BCUT2D eigenvalue weighted by Gasteiger charge is 2.43. The van der Waals surface area contributed by atoms with E-state index in [0.29, 0.717) is 6.54 Å². The molecule has 5 heteroatoms. The summed E-state index contributed by atoms with van der Waals surface area (Å²) in [6.45, 7) is 0.431. The highest BCUT2D eigenvalue weighted by atomic mass is 32.2. The predicted molar refractivity (Wildman–Crippen MR) is 112 cm³/mol. The van der Waals surface area contributed by atoms with Gasteiger partial charge in [0.15, 0.2) is 5.16 Å². The van der Waals surface area contributed by atoms with E-state index < -0.39 is 0 Å². The van der Waals surface area contributed by atoms with Crippen LogP contribution in [0.3, 0.4) is 0 Å². The Labute approximate surface area is 169 Å². The number of thioether (sulfide) groups is 1. The van der Waals surface area contributed by atoms with Crippen molar-refractivity contribution in [3.8, 4) is 11.3 Å². The summed E-state index contributed by atoms with van der Waals surface area (Å²) in [5.74, 6) is 0.785. The molecule has 0 bridgehead atoms. The number of aromatic nitrogens is 2. The van der Waals surface area contributed by atoms with Gasteiger partial charge < -0.3 is 4.42 Å². The molecule has 1 spiro atoms. The fourth-order valence-corrected chi connectivity index (χ4v) is 5.63. The van der Waals surface area contributed by atoms with Crippen molar-refractivity contribution in [3.05, 3.63) is 69.9 Å². The summed E-state index contributed by atoms with van der Waals surface area (Å²) < 4.78 is 7.34. The molecule has 1 fully saturated rings. The minimum Gasteiger partial charge on any atom is -0.467 e. The number of furan rings is 1. The van der Waals surface area contributed by atoms with E-state index in [1.807, 2.05) is 23.0 Å². The van der Waals surface area contributed by atoms with Crippen LogP contribution >= 0.6 is 11.8 Å². The first-order valence-electron chi connectivity index (χ1n) is 10.0. The quantitative estimate of drug-likeness (QED) is 0.463. The summed E-state index contributed by atoms with van der Waals surface area (Å²) in [6, 6.07) is 12.3. The van der Waals surface area contributed by atoms with Crippen LogP contribution in [0.25, 0.3) is 11.3 Å². The van der Waals surface area contributed by atoms with Crippen LogP contribution in [-0.2, 0) is 18.4 Å². The van der Waals surface area contributed by atoms with Crippen LogP contribution in [0.1, 0.15) is 49.0 Å². The Morgan fingerprint density at radius 1 is 1.14 bits per heavy atom. The van der Waals surface area contributed by atoms with Gasteiger partial charge in [0.25, 0.3) is 5.56 Å². The lowest BCUT2D eigenvalue weighted by Crippen LogP contribution is -2.43. The molecule has 0 N–H and O–H groups in total. The molecule has 0 saturated heterocycles. The second-order valence-electron chi connectivity index (χ2n) is 7.97. The average Bonchev–Trinajstić information content (AvgIpc) is 3.23. The van der Waals surface area contributed by atoms with E-state index >= 15 is 0 Å². The van der Waals surface area contributed by atoms with Gasteiger partial charge in [-0.15, -0.1) is 0 Å². The molecule has 0 aliphatic heterocycles. The molecule has 2 aliphatic rings. The zero-order valence-electron chi connectivity index (χ0n) is 16.1. The molecule has 0 atom stereocenters. The van der Waals surface area contributed by atoms with E-state index in [0.717, 1.165) is 47.0 Å². The van der Waals surface area contributed by atoms with Gasteiger partial charge in [-0.25, -0.2) is 4.98 Å². The van der Waals surface area contributed by atoms with Gasteiger partial charge in [-0.05, 0) is 43.2 Å². The van der Waals surface area contributed by atoms with Crippen LogP contribution in [0.5, 0.6) is 0 Å². The van der Waals surface area contributed by atoms with E-state index in [1.54, 1.807) is 6.26 Å². The fourth-order valence-electron chi connectivity index (χ4n) is 5.08. The van der Waals surface area contributed by atoms with E-state index in [-0.39, 0.29) is 11.0 Å². The van der Waals surface area contributed by atoms with Gasteiger partial charge in [0.1, 0.15) is 5.76 Å². The number of hydrogen-bond donors (Lipinski definition) is 0. The topological polar surface area (TPSA) is 48.0 Å². The lowest BCUT2D eigenvalue weighted by atomic mass is 9.62. The Bertz CT molecular complexity index is 1060. The van der Waals surface area contributed by atoms with Crippen LogP contribution in [-0.4, -0.2) is 15.8 Å². The fraction of sp³-hybridized carbons (Fsp3) is 0.391. The van der Waals surface area contributed by atoms with Crippen molar-refractivity contribution in [1.82, 2.24) is 9.55 Å². The molecule has 4 nitrogen and oxygen atoms in total. The molecule has 0 radical (unpaired) electrons. The molecule has 0 amide bonds. The van der Waals surface area contributed by atoms with Crippen molar-refractivity contribution in [2.75, 3.05) is 6.26 Å². The van der Waals surface area contributed by atoms with Crippen LogP contribution in [0.2, 0.25) is 0 Å². The van der Waals surface area contributed by atoms with E-state index in [9.17, 15) is 4.79 Å². The number of nitrogens with zero attached hydrogens (tertiary/aromatic N) is 2. The van der Waals surface area contributed by atoms with Gasteiger partial charge in [0, 0.05) is 11.0 Å². The first-order chi connectivity index (χ1) is 13.7. The molecular weight excluding hydrogens is 368 g/mol. The SMILES string of the molecule is CSc1nc2c(c(=O)n1Cc1ccco1)C1(CCCCC1)Cc1ccccc1-2. The second kappa shape index (κ2) is 6.96. The van der Waals surface area contributed by atoms with E-state index in [1.165, 1.54) is 36.6 Å². The predicted octanol–water partition coefficient (Wildman–Crippen LogP) is 5.03. The highest BCUT2D eigenvalue weighted by Crippen LogP contribution is 2.48. The van der Waals surface area contributed by atoms with Gasteiger partial charge in [-0.2, -0.15) is 0 Å². The molecule has 1 aromatic carbocycles. The highest BCUT2D eigenvalue weighted by molar-refractivity contribution is 7.98. The van der Waals surface area contributed by atoms with Crippen LogP contribution in [0, 0.1) is 0 Å². The van der Waals surface area contributed by atoms with Gasteiger partial charge in [-0.1, -0.05) is 55.3 Å². The first-order valence-corrected chi connectivity index (χ1v) is 11.2. The average molecular weight is 393 g/mol. The smallest absolute Gasteiger partial charge is 0.258 e. The number of benzene rings is 1. The van der Waals surface area contributed by atoms with Crippen molar-refractivity contribution in [1.29, 1.82) is 0 Å². The minimum atomic E-state index is -0.0755. The van der Waals surface area contributed by atoms with Crippen LogP contribution < -0.4 is 5.56 Å². The Kier molecular flexibility index (Phi) is 4.43. The molecule has 1 saturated carbocycles. The minimum absolute atomic E-state index is 0.0755.